The molecule has 0 aromatic heterocycles. The fourth-order valence-electron chi connectivity index (χ4n) is 5.60. The molecule has 1 saturated heterocycles. The molecule has 298 valence electrons. The first-order chi connectivity index (χ1) is 27.5. The molecule has 57 heavy (non-hydrogen) atoms. The van der Waals surface area contributed by atoms with E-state index in [1.54, 1.807) is 56.3 Å². The van der Waals surface area contributed by atoms with Crippen LogP contribution >= 0.6 is 11.6 Å². The van der Waals surface area contributed by atoms with Gasteiger partial charge in [0.05, 0.1) is 30.4 Å². The Morgan fingerprint density at radius 1 is 0.719 bits per heavy atom. The number of amides is 3. The van der Waals surface area contributed by atoms with Gasteiger partial charge in [-0.1, -0.05) is 47.5 Å². The van der Waals surface area contributed by atoms with Crippen LogP contribution in [0.5, 0.6) is 0 Å². The summed E-state index contributed by atoms with van der Waals surface area (Å²) in [5, 5.41) is 17.6. The molecule has 1 aliphatic heterocycles. The van der Waals surface area contributed by atoms with Crippen molar-refractivity contribution in [3.63, 3.8) is 0 Å². The lowest BCUT2D eigenvalue weighted by molar-refractivity contribution is -0.308. The summed E-state index contributed by atoms with van der Waals surface area (Å²) >= 11 is 5.97. The molecule has 4 aromatic rings. The number of carbonyl (C=O) groups excluding carboxylic acids is 4. The van der Waals surface area contributed by atoms with Crippen molar-refractivity contribution in [2.75, 3.05) is 35.8 Å². The van der Waals surface area contributed by atoms with Crippen LogP contribution in [0.2, 0.25) is 5.02 Å². The molecule has 1 fully saturated rings. The maximum Gasteiger partial charge on any atom is 0.412 e. The van der Waals surface area contributed by atoms with Gasteiger partial charge < -0.3 is 33.2 Å². The van der Waals surface area contributed by atoms with Crippen LogP contribution in [0.15, 0.2) is 97.1 Å². The second-order valence-electron chi connectivity index (χ2n) is 12.5. The van der Waals surface area contributed by atoms with Crippen molar-refractivity contribution in [1.82, 2.24) is 0 Å². The summed E-state index contributed by atoms with van der Waals surface area (Å²) in [5.74, 6) is -0.530. The summed E-state index contributed by atoms with van der Waals surface area (Å²) in [7, 11) is 0. The van der Waals surface area contributed by atoms with Crippen molar-refractivity contribution in [2.24, 2.45) is 0 Å². The van der Waals surface area contributed by atoms with E-state index in [4.69, 9.17) is 44.8 Å². The highest BCUT2D eigenvalue weighted by atomic mass is 35.5. The monoisotopic (exact) mass is 800 g/mol. The van der Waals surface area contributed by atoms with Crippen molar-refractivity contribution < 1.29 is 52.3 Å². The van der Waals surface area contributed by atoms with Gasteiger partial charge in [-0.3, -0.25) is 16.0 Å². The lowest BCUT2D eigenvalue weighted by Crippen LogP contribution is -2.63. The molecule has 0 aliphatic carbocycles. The molecule has 5 rings (SSSR count). The van der Waals surface area contributed by atoms with Crippen molar-refractivity contribution >= 4 is 52.9 Å². The van der Waals surface area contributed by atoms with Crippen LogP contribution in [-0.4, -0.2) is 74.8 Å². The first kappa shape index (κ1) is 42.0. The Labute approximate surface area is 334 Å². The van der Waals surface area contributed by atoms with Crippen molar-refractivity contribution in [3.05, 3.63) is 124 Å². The average molecular weight is 801 g/mol. The summed E-state index contributed by atoms with van der Waals surface area (Å²) in [5.41, 5.74) is 3.26. The van der Waals surface area contributed by atoms with E-state index in [1.807, 2.05) is 37.3 Å². The molecule has 5 atom stereocenters. The minimum atomic E-state index is -1.48. The molecule has 0 spiro atoms. The zero-order valence-corrected chi connectivity index (χ0v) is 32.0. The number of hydrogen-bond donors (Lipinski definition) is 3. The molecular weight excluding hydrogens is 760 g/mol. The molecule has 3 N–H and O–H groups in total. The quantitative estimate of drug-likeness (QED) is 0.0828. The van der Waals surface area contributed by atoms with Crippen LogP contribution in [0, 0.1) is 18.3 Å². The molecular formula is C41H41ClN4O11. The number of esters is 1. The summed E-state index contributed by atoms with van der Waals surface area (Å²) in [4.78, 5) is 52.3. The van der Waals surface area contributed by atoms with E-state index in [9.17, 15) is 24.4 Å². The molecule has 3 amide bonds. The maximum absolute atomic E-state index is 13.7. The zero-order valence-electron chi connectivity index (χ0n) is 31.3. The summed E-state index contributed by atoms with van der Waals surface area (Å²) in [6.07, 6.45) is -9.50. The number of benzene rings is 4. The third-order valence-corrected chi connectivity index (χ3v) is 8.57. The second-order valence-corrected chi connectivity index (χ2v) is 12.9. The Hall–Kier alpha value is -6.18. The molecule has 4 aromatic carbocycles. The van der Waals surface area contributed by atoms with Crippen LogP contribution in [0.25, 0.3) is 0 Å². The highest BCUT2D eigenvalue weighted by Crippen LogP contribution is 2.31. The van der Waals surface area contributed by atoms with Gasteiger partial charge in [0.2, 0.25) is 0 Å². The fraction of sp³-hybridized carbons (Fsp3) is 0.293. The smallest absolute Gasteiger partial charge is 0.412 e. The lowest BCUT2D eigenvalue weighted by Gasteiger charge is -2.44. The molecule has 1 heterocycles. The van der Waals surface area contributed by atoms with Crippen LogP contribution in [0.4, 0.5) is 31.4 Å². The number of rotatable bonds is 14. The fourth-order valence-corrected chi connectivity index (χ4v) is 5.72. The Bertz CT molecular complexity index is 2020. The van der Waals surface area contributed by atoms with Gasteiger partial charge in [-0.15, -0.1) is 0 Å². The van der Waals surface area contributed by atoms with Gasteiger partial charge in [0.15, 0.2) is 18.5 Å². The Balaban J connectivity index is 1.45. The third-order valence-electron chi connectivity index (χ3n) is 8.32. The van der Waals surface area contributed by atoms with Gasteiger partial charge in [-0.25, -0.2) is 19.2 Å². The van der Waals surface area contributed by atoms with Gasteiger partial charge in [-0.2, -0.15) is 5.26 Å². The molecule has 1 aliphatic rings. The summed E-state index contributed by atoms with van der Waals surface area (Å²) < 4.78 is 41.1. The van der Waals surface area contributed by atoms with Crippen LogP contribution in [0.3, 0.4) is 0 Å². The average Bonchev–Trinajstić information content (AvgIpc) is 3.20. The van der Waals surface area contributed by atoms with Gasteiger partial charge in [-0.05, 0) is 93.1 Å². The zero-order chi connectivity index (χ0) is 40.7. The molecule has 15 nitrogen and oxygen atoms in total. The van der Waals surface area contributed by atoms with Gasteiger partial charge >= 0.3 is 24.2 Å². The van der Waals surface area contributed by atoms with E-state index < -0.39 is 61.6 Å². The standard InChI is InChI=1S/C41H41ClN4O11/c1-4-51-37(47)28-13-17-30(18-14-28)45-40(49)57-35-34(56-41(50)46-32-8-6-7-27(21-32)22-43)33(24-54-39(48)44-31-19-15-29(42)16-20-31)55-38(52-5-2)36(35)53-23-26-11-9-25(3)10-12-26/h6-21,33-36,38H,4-5,23-24H2,1-3H3,(H,44,48)(H,45,49)(H,46,50)/t33-,34-,35+,36-,38+/m1/s1. The molecule has 0 bridgehead atoms. The van der Waals surface area contributed by atoms with E-state index in [1.165, 1.54) is 30.3 Å². The minimum Gasteiger partial charge on any atom is -0.462 e. The first-order valence-corrected chi connectivity index (χ1v) is 18.3. The van der Waals surface area contributed by atoms with Gasteiger partial charge in [0.25, 0.3) is 0 Å². The molecule has 0 saturated carbocycles. The molecule has 0 unspecified atom stereocenters. The number of halogens is 1. The largest absolute Gasteiger partial charge is 0.462 e. The third kappa shape index (κ3) is 12.4. The van der Waals surface area contributed by atoms with Crippen LogP contribution < -0.4 is 16.0 Å². The number of ether oxygens (including phenoxy) is 7. The molecule has 0 radical (unpaired) electrons. The van der Waals surface area contributed by atoms with E-state index in [0.29, 0.717) is 10.7 Å². The number of aryl methyl sites for hydroxylation is 1. The summed E-state index contributed by atoms with van der Waals surface area (Å²) in [6.45, 7) is 5.18. The van der Waals surface area contributed by atoms with Crippen molar-refractivity contribution in [3.8, 4) is 6.07 Å². The Morgan fingerprint density at radius 2 is 1.35 bits per heavy atom. The maximum atomic E-state index is 13.7. The number of nitrogens with zero attached hydrogens (tertiary/aromatic N) is 1. The van der Waals surface area contributed by atoms with E-state index in [0.717, 1.165) is 11.1 Å². The Kier molecular flexibility index (Phi) is 15.2. The highest BCUT2D eigenvalue weighted by Gasteiger charge is 2.52. The highest BCUT2D eigenvalue weighted by molar-refractivity contribution is 6.30. The van der Waals surface area contributed by atoms with Crippen molar-refractivity contribution in [2.45, 2.75) is 58.1 Å². The SMILES string of the molecule is CCOC(=O)c1ccc(NC(=O)O[C@@H]2[C@@H](OCc3ccc(C)cc3)[C@@H](OCC)O[C@H](COC(=O)Nc3ccc(Cl)cc3)[C@H]2OC(=O)Nc2cccc(C#N)c2)cc1. The molecule has 16 heteroatoms. The lowest BCUT2D eigenvalue weighted by atomic mass is 9.98. The van der Waals surface area contributed by atoms with Crippen LogP contribution in [-0.2, 0) is 39.8 Å². The van der Waals surface area contributed by atoms with Crippen molar-refractivity contribution in [1.29, 1.82) is 5.26 Å². The summed E-state index contributed by atoms with van der Waals surface area (Å²) in [6, 6.07) is 27.9. The number of hydrogen-bond acceptors (Lipinski definition) is 12. The van der Waals surface area contributed by atoms with Gasteiger partial charge in [0.1, 0.15) is 18.8 Å². The van der Waals surface area contributed by atoms with E-state index in [-0.39, 0.29) is 42.3 Å². The predicted molar refractivity (Wildman–Crippen MR) is 208 cm³/mol. The van der Waals surface area contributed by atoms with E-state index in [2.05, 4.69) is 16.0 Å². The predicted octanol–water partition coefficient (Wildman–Crippen LogP) is 7.83. The topological polar surface area (TPSA) is 193 Å². The second kappa shape index (κ2) is 20.7. The first-order valence-electron chi connectivity index (χ1n) is 17.9. The number of carbonyl (C=O) groups is 4. The van der Waals surface area contributed by atoms with E-state index >= 15 is 0 Å². The van der Waals surface area contributed by atoms with Gasteiger partial charge in [0, 0.05) is 28.7 Å². The Morgan fingerprint density at radius 3 is 2.00 bits per heavy atom. The normalized spacial score (nSPS) is 18.6. The number of nitriles is 1. The number of anilines is 3. The number of nitrogens with one attached hydrogen (secondary N) is 3. The minimum absolute atomic E-state index is 0.0131. The van der Waals surface area contributed by atoms with Crippen LogP contribution in [0.1, 0.15) is 40.9 Å².